The molecule has 0 aliphatic heterocycles. The van der Waals surface area contributed by atoms with Gasteiger partial charge < -0.3 is 15.6 Å². The molecule has 0 aliphatic carbocycles. The van der Waals surface area contributed by atoms with E-state index in [4.69, 9.17) is 17.3 Å². The van der Waals surface area contributed by atoms with Gasteiger partial charge in [0.1, 0.15) is 0 Å². The number of aromatic nitrogens is 2. The van der Waals surface area contributed by atoms with E-state index in [0.717, 1.165) is 15.9 Å². The van der Waals surface area contributed by atoms with E-state index < -0.39 is 0 Å². The number of nitrogens with zero attached hydrogens (tertiary/aromatic N) is 2. The molecular formula is C14H18BrClN4. The van der Waals surface area contributed by atoms with Crippen LogP contribution in [0.25, 0.3) is 0 Å². The van der Waals surface area contributed by atoms with E-state index in [1.54, 1.807) is 0 Å². The van der Waals surface area contributed by atoms with Crippen LogP contribution in [0.1, 0.15) is 31.6 Å². The van der Waals surface area contributed by atoms with Gasteiger partial charge in [-0.15, -0.1) is 0 Å². The molecule has 0 aliphatic rings. The standard InChI is InChI=1S/C14H18BrClN4/c1-9(2)20-8-18-7-14(20)13(6-17)19-10-3-4-11(15)12(16)5-10/h3-5,7-9,13,19H,6,17H2,1-2H3. The highest BCUT2D eigenvalue weighted by atomic mass is 79.9. The van der Waals surface area contributed by atoms with Crippen molar-refractivity contribution in [1.82, 2.24) is 9.55 Å². The van der Waals surface area contributed by atoms with E-state index in [1.807, 2.05) is 30.7 Å². The fraction of sp³-hybridized carbons (Fsp3) is 0.357. The second-order valence-electron chi connectivity index (χ2n) is 4.88. The van der Waals surface area contributed by atoms with Gasteiger partial charge in [0.2, 0.25) is 0 Å². The first-order valence-electron chi connectivity index (χ1n) is 6.46. The number of hydrogen-bond donors (Lipinski definition) is 2. The Morgan fingerprint density at radius 1 is 1.45 bits per heavy atom. The highest BCUT2D eigenvalue weighted by Gasteiger charge is 2.16. The number of nitrogens with one attached hydrogen (secondary N) is 1. The van der Waals surface area contributed by atoms with Crippen LogP contribution in [0.4, 0.5) is 5.69 Å². The first-order chi connectivity index (χ1) is 9.52. The summed E-state index contributed by atoms with van der Waals surface area (Å²) in [5, 5.41) is 4.07. The van der Waals surface area contributed by atoms with E-state index in [9.17, 15) is 0 Å². The van der Waals surface area contributed by atoms with Crippen molar-refractivity contribution >= 4 is 33.2 Å². The quantitative estimate of drug-likeness (QED) is 0.850. The van der Waals surface area contributed by atoms with Crippen LogP contribution < -0.4 is 11.1 Å². The Hall–Kier alpha value is -1.04. The summed E-state index contributed by atoms with van der Waals surface area (Å²) in [5.74, 6) is 0. The number of nitrogens with two attached hydrogens (primary N) is 1. The minimum atomic E-state index is -0.00265. The van der Waals surface area contributed by atoms with Crippen molar-refractivity contribution in [1.29, 1.82) is 0 Å². The number of rotatable bonds is 5. The van der Waals surface area contributed by atoms with Crippen LogP contribution in [-0.2, 0) is 0 Å². The van der Waals surface area contributed by atoms with Gasteiger partial charge in [0, 0.05) is 22.7 Å². The summed E-state index contributed by atoms with van der Waals surface area (Å²) in [4.78, 5) is 4.22. The first-order valence-corrected chi connectivity index (χ1v) is 7.63. The SMILES string of the molecule is CC(C)n1cncc1C(CN)Nc1ccc(Br)c(Cl)c1. The van der Waals surface area contributed by atoms with E-state index in [1.165, 1.54) is 0 Å². The number of benzene rings is 1. The lowest BCUT2D eigenvalue weighted by Crippen LogP contribution is -2.23. The van der Waals surface area contributed by atoms with Crippen molar-refractivity contribution in [2.45, 2.75) is 25.9 Å². The Bertz CT molecular complexity index is 582. The molecule has 1 heterocycles. The molecule has 0 amide bonds. The summed E-state index contributed by atoms with van der Waals surface area (Å²) in [5.41, 5.74) is 7.91. The zero-order valence-corrected chi connectivity index (χ0v) is 13.8. The predicted molar refractivity (Wildman–Crippen MR) is 87.2 cm³/mol. The lowest BCUT2D eigenvalue weighted by molar-refractivity contribution is 0.553. The molecule has 1 atom stereocenters. The monoisotopic (exact) mass is 356 g/mol. The Kier molecular flexibility index (Phi) is 5.07. The van der Waals surface area contributed by atoms with Gasteiger partial charge in [-0.1, -0.05) is 11.6 Å². The van der Waals surface area contributed by atoms with Gasteiger partial charge >= 0.3 is 0 Å². The zero-order chi connectivity index (χ0) is 14.7. The largest absolute Gasteiger partial charge is 0.375 e. The average molecular weight is 358 g/mol. The molecule has 108 valence electrons. The summed E-state index contributed by atoms with van der Waals surface area (Å²) < 4.78 is 2.99. The van der Waals surface area contributed by atoms with Gasteiger partial charge in [0.15, 0.2) is 0 Å². The number of imidazole rings is 1. The molecule has 1 aromatic heterocycles. The highest BCUT2D eigenvalue weighted by Crippen LogP contribution is 2.28. The van der Waals surface area contributed by atoms with Crippen LogP contribution in [0.2, 0.25) is 5.02 Å². The van der Waals surface area contributed by atoms with Crippen LogP contribution >= 0.6 is 27.5 Å². The minimum Gasteiger partial charge on any atom is -0.375 e. The average Bonchev–Trinajstić information content (AvgIpc) is 2.89. The van der Waals surface area contributed by atoms with Crippen LogP contribution in [0.3, 0.4) is 0 Å². The molecule has 20 heavy (non-hydrogen) atoms. The summed E-state index contributed by atoms with van der Waals surface area (Å²) in [6.07, 6.45) is 3.68. The third kappa shape index (κ3) is 3.34. The molecular weight excluding hydrogens is 340 g/mol. The van der Waals surface area contributed by atoms with Crippen molar-refractivity contribution in [3.8, 4) is 0 Å². The summed E-state index contributed by atoms with van der Waals surface area (Å²) in [6, 6.07) is 6.10. The molecule has 6 heteroatoms. The predicted octanol–water partition coefficient (Wildman–Crippen LogP) is 3.99. The fourth-order valence-electron chi connectivity index (χ4n) is 2.06. The van der Waals surface area contributed by atoms with Gasteiger partial charge in [0.05, 0.1) is 29.3 Å². The molecule has 2 rings (SSSR count). The smallest absolute Gasteiger partial charge is 0.0951 e. The molecule has 0 saturated heterocycles. The van der Waals surface area contributed by atoms with Crippen LogP contribution in [0, 0.1) is 0 Å². The molecule has 1 unspecified atom stereocenters. The Balaban J connectivity index is 2.24. The minimum absolute atomic E-state index is 0.00265. The second kappa shape index (κ2) is 6.61. The molecule has 0 saturated carbocycles. The van der Waals surface area contributed by atoms with Gasteiger partial charge in [-0.25, -0.2) is 4.98 Å². The third-order valence-electron chi connectivity index (χ3n) is 3.11. The molecule has 4 nitrogen and oxygen atoms in total. The van der Waals surface area contributed by atoms with Crippen molar-refractivity contribution < 1.29 is 0 Å². The summed E-state index contributed by atoms with van der Waals surface area (Å²) >= 11 is 9.49. The van der Waals surface area contributed by atoms with Crippen LogP contribution in [-0.4, -0.2) is 16.1 Å². The van der Waals surface area contributed by atoms with Crippen molar-refractivity contribution in [3.05, 3.63) is 45.9 Å². The van der Waals surface area contributed by atoms with Crippen molar-refractivity contribution in [2.24, 2.45) is 5.73 Å². The van der Waals surface area contributed by atoms with E-state index >= 15 is 0 Å². The summed E-state index contributed by atoms with van der Waals surface area (Å²) in [6.45, 7) is 4.72. The Morgan fingerprint density at radius 3 is 2.80 bits per heavy atom. The maximum Gasteiger partial charge on any atom is 0.0951 e. The number of anilines is 1. The maximum atomic E-state index is 6.11. The molecule has 0 radical (unpaired) electrons. The lowest BCUT2D eigenvalue weighted by Gasteiger charge is -2.22. The molecule has 0 fully saturated rings. The summed E-state index contributed by atoms with van der Waals surface area (Å²) in [7, 11) is 0. The normalized spacial score (nSPS) is 12.7. The Morgan fingerprint density at radius 2 is 2.20 bits per heavy atom. The van der Waals surface area contributed by atoms with Crippen LogP contribution in [0.5, 0.6) is 0 Å². The number of halogens is 2. The van der Waals surface area contributed by atoms with Crippen molar-refractivity contribution in [3.63, 3.8) is 0 Å². The van der Waals surface area contributed by atoms with E-state index in [2.05, 4.69) is 44.6 Å². The van der Waals surface area contributed by atoms with Crippen molar-refractivity contribution in [2.75, 3.05) is 11.9 Å². The molecule has 3 N–H and O–H groups in total. The maximum absolute atomic E-state index is 6.11. The molecule has 2 aromatic rings. The lowest BCUT2D eigenvalue weighted by atomic mass is 10.2. The van der Waals surface area contributed by atoms with Gasteiger partial charge in [-0.3, -0.25) is 0 Å². The first kappa shape index (κ1) is 15.4. The number of hydrogen-bond acceptors (Lipinski definition) is 3. The van der Waals surface area contributed by atoms with Gasteiger partial charge in [0.25, 0.3) is 0 Å². The van der Waals surface area contributed by atoms with Gasteiger partial charge in [-0.05, 0) is 48.0 Å². The fourth-order valence-corrected chi connectivity index (χ4v) is 2.48. The second-order valence-corrected chi connectivity index (χ2v) is 6.14. The zero-order valence-electron chi connectivity index (χ0n) is 11.5. The molecule has 0 spiro atoms. The molecule has 1 aromatic carbocycles. The third-order valence-corrected chi connectivity index (χ3v) is 4.34. The van der Waals surface area contributed by atoms with Gasteiger partial charge in [-0.2, -0.15) is 0 Å². The van der Waals surface area contributed by atoms with Crippen LogP contribution in [0.15, 0.2) is 35.2 Å². The van der Waals surface area contributed by atoms with E-state index in [-0.39, 0.29) is 6.04 Å². The van der Waals surface area contributed by atoms with E-state index in [0.29, 0.717) is 17.6 Å². The topological polar surface area (TPSA) is 55.9 Å². The Labute approximate surface area is 132 Å². The highest BCUT2D eigenvalue weighted by molar-refractivity contribution is 9.10. The molecule has 0 bridgehead atoms.